The third kappa shape index (κ3) is 1.25. The van der Waals surface area contributed by atoms with E-state index in [1.54, 1.807) is 0 Å². The summed E-state index contributed by atoms with van der Waals surface area (Å²) >= 11 is -0.0389. The number of aryl methyl sites for hydroxylation is 2. The van der Waals surface area contributed by atoms with Crippen LogP contribution in [0.25, 0.3) is 0 Å². The molecule has 0 fully saturated rings. The molecule has 2 nitrogen and oxygen atoms in total. The Bertz CT molecular complexity index is 142. The Morgan fingerprint density at radius 3 is 1.71 bits per heavy atom. The number of aromatic nitrogens is 2. The Morgan fingerprint density at radius 2 is 1.57 bits per heavy atom. The first-order valence-electron chi connectivity index (χ1n) is 2.06. The van der Waals surface area contributed by atoms with Crippen molar-refractivity contribution in [3.63, 3.8) is 0 Å². The first-order valence-corrected chi connectivity index (χ1v) is 4.39. The molecule has 0 atom stereocenters. The molecule has 3 heteroatoms. The summed E-state index contributed by atoms with van der Waals surface area (Å²) in [4.78, 5) is 0. The van der Waals surface area contributed by atoms with Crippen LogP contribution in [0.2, 0.25) is 0 Å². The third-order valence-corrected chi connectivity index (χ3v) is 2.78. The second kappa shape index (κ2) is 1.94. The van der Waals surface area contributed by atoms with E-state index in [2.05, 4.69) is 10.2 Å². The zero-order valence-electron chi connectivity index (χ0n) is 4.30. The van der Waals surface area contributed by atoms with Crippen LogP contribution in [0.4, 0.5) is 0 Å². The zero-order valence-corrected chi connectivity index (χ0v) is 6.63. The monoisotopic (exact) mass is 212 g/mol. The maximum atomic E-state index is 3.88. The molecule has 0 bridgehead atoms. The Hall–Kier alpha value is 0.130. The molecular weight excluding hydrogens is 204 g/mol. The zero-order chi connectivity index (χ0) is 5.28. The molecule has 0 radical (unpaired) electrons. The van der Waals surface area contributed by atoms with Gasteiger partial charge in [-0.2, -0.15) is 0 Å². The molecule has 38 valence electrons. The summed E-state index contributed by atoms with van der Waals surface area (Å²) < 4.78 is 2.51. The SMILES string of the molecule is Cc1nnc(C)[te]1. The molecule has 0 unspecified atom stereocenters. The van der Waals surface area contributed by atoms with E-state index >= 15 is 0 Å². The van der Waals surface area contributed by atoms with E-state index in [4.69, 9.17) is 0 Å². The number of hydrogen-bond donors (Lipinski definition) is 0. The van der Waals surface area contributed by atoms with Gasteiger partial charge in [0.05, 0.1) is 0 Å². The fourth-order valence-electron chi connectivity index (χ4n) is 0.395. The number of rotatable bonds is 0. The van der Waals surface area contributed by atoms with Gasteiger partial charge in [-0.3, -0.25) is 0 Å². The van der Waals surface area contributed by atoms with Gasteiger partial charge in [0.1, 0.15) is 0 Å². The summed E-state index contributed by atoms with van der Waals surface area (Å²) in [6.07, 6.45) is 0. The van der Waals surface area contributed by atoms with Crippen molar-refractivity contribution in [1.29, 1.82) is 0 Å². The standard InChI is InChI=1S/C4H6N2Te/c1-3-5-6-4(2)7-3/h1-2H3. The quantitative estimate of drug-likeness (QED) is 0.569. The van der Waals surface area contributed by atoms with E-state index in [-0.39, 0.29) is 20.4 Å². The van der Waals surface area contributed by atoms with E-state index in [1.165, 1.54) is 7.42 Å². The van der Waals surface area contributed by atoms with Crippen molar-refractivity contribution in [1.82, 2.24) is 10.2 Å². The molecule has 1 aromatic heterocycles. The Labute approximate surface area is 52.2 Å². The van der Waals surface area contributed by atoms with Gasteiger partial charge in [-0.1, -0.05) is 0 Å². The maximum absolute atomic E-state index is 3.88. The molecule has 1 aromatic rings. The third-order valence-electron chi connectivity index (χ3n) is 0.627. The summed E-state index contributed by atoms with van der Waals surface area (Å²) in [6.45, 7) is 4.09. The van der Waals surface area contributed by atoms with Gasteiger partial charge in [0.15, 0.2) is 0 Å². The van der Waals surface area contributed by atoms with Crippen molar-refractivity contribution >= 4 is 20.4 Å². The Kier molecular flexibility index (Phi) is 1.46. The van der Waals surface area contributed by atoms with Crippen LogP contribution >= 0.6 is 0 Å². The molecule has 1 rings (SSSR count). The second-order valence-electron chi connectivity index (χ2n) is 1.34. The minimum absolute atomic E-state index is 0.0389. The molecular formula is C4H6N2Te. The summed E-state index contributed by atoms with van der Waals surface area (Å²) in [5, 5.41) is 7.76. The van der Waals surface area contributed by atoms with Gasteiger partial charge in [-0.25, -0.2) is 0 Å². The normalized spacial score (nSPS) is 9.43. The van der Waals surface area contributed by atoms with Crippen LogP contribution < -0.4 is 0 Å². The van der Waals surface area contributed by atoms with Crippen molar-refractivity contribution in [2.24, 2.45) is 0 Å². The molecule has 0 N–H and O–H groups in total. The number of hydrogen-bond acceptors (Lipinski definition) is 2. The van der Waals surface area contributed by atoms with E-state index in [1.807, 2.05) is 13.8 Å². The van der Waals surface area contributed by atoms with Crippen LogP contribution in [0, 0.1) is 13.8 Å². The topological polar surface area (TPSA) is 25.8 Å². The molecule has 0 aliphatic carbocycles. The summed E-state index contributed by atoms with van der Waals surface area (Å²) in [6, 6.07) is 0. The Balaban J connectivity index is 3.04. The van der Waals surface area contributed by atoms with Gasteiger partial charge in [0.2, 0.25) is 0 Å². The first-order chi connectivity index (χ1) is 3.29. The fraction of sp³-hybridized carbons (Fsp3) is 0.500. The summed E-state index contributed by atoms with van der Waals surface area (Å²) in [5.74, 6) is 0. The molecule has 0 saturated carbocycles. The summed E-state index contributed by atoms with van der Waals surface area (Å²) in [7, 11) is 0. The molecule has 0 amide bonds. The van der Waals surface area contributed by atoms with Gasteiger partial charge in [-0.15, -0.1) is 0 Å². The predicted octanol–water partition coefficient (Wildman–Crippen LogP) is 0.150. The molecule has 1 heterocycles. The van der Waals surface area contributed by atoms with E-state index in [9.17, 15) is 0 Å². The first kappa shape index (κ1) is 5.27. The molecule has 0 aliphatic heterocycles. The molecule has 7 heavy (non-hydrogen) atoms. The van der Waals surface area contributed by atoms with Crippen LogP contribution in [0.3, 0.4) is 0 Å². The van der Waals surface area contributed by atoms with Gasteiger partial charge < -0.3 is 0 Å². The van der Waals surface area contributed by atoms with Crippen molar-refractivity contribution in [2.75, 3.05) is 0 Å². The van der Waals surface area contributed by atoms with Crippen LogP contribution in [-0.4, -0.2) is 30.6 Å². The molecule has 0 aromatic carbocycles. The van der Waals surface area contributed by atoms with Crippen molar-refractivity contribution < 1.29 is 0 Å². The average Bonchev–Trinajstić information content (AvgIpc) is 1.87. The average molecular weight is 210 g/mol. The van der Waals surface area contributed by atoms with Crippen LogP contribution in [0.15, 0.2) is 0 Å². The Morgan fingerprint density at radius 1 is 1.14 bits per heavy atom. The van der Waals surface area contributed by atoms with Crippen LogP contribution in [0.5, 0.6) is 0 Å². The van der Waals surface area contributed by atoms with Gasteiger partial charge in [0.25, 0.3) is 0 Å². The van der Waals surface area contributed by atoms with Gasteiger partial charge in [-0.05, 0) is 0 Å². The van der Waals surface area contributed by atoms with Crippen molar-refractivity contribution in [3.05, 3.63) is 7.42 Å². The molecule has 0 saturated heterocycles. The summed E-state index contributed by atoms with van der Waals surface area (Å²) in [5.41, 5.74) is 0. The van der Waals surface area contributed by atoms with Gasteiger partial charge in [0, 0.05) is 0 Å². The van der Waals surface area contributed by atoms with Crippen molar-refractivity contribution in [3.8, 4) is 0 Å². The van der Waals surface area contributed by atoms with E-state index in [0.717, 1.165) is 0 Å². The van der Waals surface area contributed by atoms with Crippen LogP contribution in [0.1, 0.15) is 7.42 Å². The number of nitrogens with zero attached hydrogens (tertiary/aromatic N) is 2. The second-order valence-corrected chi connectivity index (χ2v) is 5.30. The minimum atomic E-state index is -0.0389. The van der Waals surface area contributed by atoms with E-state index < -0.39 is 0 Å². The molecule has 0 aliphatic rings. The molecule has 0 spiro atoms. The van der Waals surface area contributed by atoms with Gasteiger partial charge >= 0.3 is 51.9 Å². The fourth-order valence-corrected chi connectivity index (χ4v) is 2.08. The predicted molar refractivity (Wildman–Crippen MR) is 28.4 cm³/mol. The van der Waals surface area contributed by atoms with Crippen molar-refractivity contribution in [2.45, 2.75) is 13.8 Å². The van der Waals surface area contributed by atoms with Crippen LogP contribution in [-0.2, 0) is 0 Å². The van der Waals surface area contributed by atoms with E-state index in [0.29, 0.717) is 0 Å².